The molecule has 1 aromatic carbocycles. The summed E-state index contributed by atoms with van der Waals surface area (Å²) in [5.41, 5.74) is 6.45. The molecule has 90 valence electrons. The van der Waals surface area contributed by atoms with Crippen LogP contribution in [-0.2, 0) is 0 Å². The summed E-state index contributed by atoms with van der Waals surface area (Å²) in [6.07, 6.45) is 0.875. The van der Waals surface area contributed by atoms with E-state index < -0.39 is 0 Å². The van der Waals surface area contributed by atoms with Crippen molar-refractivity contribution in [3.8, 4) is 5.75 Å². The van der Waals surface area contributed by atoms with E-state index in [2.05, 4.69) is 5.32 Å². The number of ether oxygens (including phenoxy) is 1. The van der Waals surface area contributed by atoms with Gasteiger partial charge in [-0.05, 0) is 19.4 Å². The lowest BCUT2D eigenvalue weighted by Crippen LogP contribution is -2.19. The van der Waals surface area contributed by atoms with Gasteiger partial charge in [-0.1, -0.05) is 23.2 Å². The highest BCUT2D eigenvalue weighted by atomic mass is 35.5. The van der Waals surface area contributed by atoms with Crippen molar-refractivity contribution in [1.82, 2.24) is 0 Å². The molecule has 5 heteroatoms. The second kappa shape index (κ2) is 6.18. The molecule has 0 aliphatic carbocycles. The van der Waals surface area contributed by atoms with Crippen molar-refractivity contribution < 1.29 is 4.74 Å². The average molecular weight is 263 g/mol. The van der Waals surface area contributed by atoms with E-state index in [-0.39, 0.29) is 6.04 Å². The summed E-state index contributed by atoms with van der Waals surface area (Å²) in [6.45, 7) is 2.73. The monoisotopic (exact) mass is 262 g/mol. The van der Waals surface area contributed by atoms with Crippen molar-refractivity contribution in [2.75, 3.05) is 19.0 Å². The van der Waals surface area contributed by atoms with E-state index in [4.69, 9.17) is 33.7 Å². The summed E-state index contributed by atoms with van der Waals surface area (Å²) in [4.78, 5) is 0. The number of rotatable bonds is 5. The first-order chi connectivity index (χ1) is 7.54. The molecule has 0 spiro atoms. The summed E-state index contributed by atoms with van der Waals surface area (Å²) >= 11 is 12.1. The molecule has 1 aromatic rings. The van der Waals surface area contributed by atoms with Crippen molar-refractivity contribution in [3.63, 3.8) is 0 Å². The largest absolute Gasteiger partial charge is 0.495 e. The predicted molar refractivity (Wildman–Crippen MR) is 69.8 cm³/mol. The highest BCUT2D eigenvalue weighted by Gasteiger charge is 2.07. The maximum atomic E-state index is 6.06. The summed E-state index contributed by atoms with van der Waals surface area (Å²) in [6, 6.07) is 3.61. The maximum absolute atomic E-state index is 6.06. The third kappa shape index (κ3) is 3.74. The molecule has 1 unspecified atom stereocenters. The molecule has 0 fully saturated rings. The van der Waals surface area contributed by atoms with Crippen molar-refractivity contribution in [2.24, 2.45) is 5.73 Å². The van der Waals surface area contributed by atoms with Gasteiger partial charge in [0.05, 0.1) is 22.8 Å². The molecule has 16 heavy (non-hydrogen) atoms. The van der Waals surface area contributed by atoms with Gasteiger partial charge in [0.2, 0.25) is 0 Å². The highest BCUT2D eigenvalue weighted by molar-refractivity contribution is 6.36. The molecule has 0 saturated carbocycles. The van der Waals surface area contributed by atoms with Gasteiger partial charge in [-0.3, -0.25) is 0 Å². The average Bonchev–Trinajstić information content (AvgIpc) is 2.22. The zero-order valence-electron chi connectivity index (χ0n) is 9.39. The fraction of sp³-hybridized carbons (Fsp3) is 0.455. The Hall–Kier alpha value is -0.640. The van der Waals surface area contributed by atoms with Gasteiger partial charge in [-0.15, -0.1) is 0 Å². The molecule has 3 N–H and O–H groups in total. The van der Waals surface area contributed by atoms with Crippen LogP contribution in [0.2, 0.25) is 10.0 Å². The SMILES string of the molecule is COc1cc(Cl)c(NCCC(C)N)cc1Cl. The van der Waals surface area contributed by atoms with Gasteiger partial charge in [0, 0.05) is 18.7 Å². The molecule has 0 amide bonds. The second-order valence-electron chi connectivity index (χ2n) is 3.66. The van der Waals surface area contributed by atoms with Crippen molar-refractivity contribution in [3.05, 3.63) is 22.2 Å². The molecule has 1 rings (SSSR count). The molecule has 0 radical (unpaired) electrons. The van der Waals surface area contributed by atoms with E-state index in [0.29, 0.717) is 15.8 Å². The predicted octanol–water partition coefficient (Wildman–Crippen LogP) is 3.15. The topological polar surface area (TPSA) is 47.3 Å². The molecule has 0 heterocycles. The van der Waals surface area contributed by atoms with Crippen LogP contribution in [0.15, 0.2) is 12.1 Å². The lowest BCUT2D eigenvalue weighted by Gasteiger charge is -2.12. The van der Waals surface area contributed by atoms with E-state index in [1.807, 2.05) is 6.92 Å². The van der Waals surface area contributed by atoms with E-state index in [9.17, 15) is 0 Å². The number of hydrogen-bond donors (Lipinski definition) is 2. The number of methoxy groups -OCH3 is 1. The Morgan fingerprint density at radius 3 is 2.62 bits per heavy atom. The third-order valence-corrected chi connectivity index (χ3v) is 2.76. The van der Waals surface area contributed by atoms with Gasteiger partial charge >= 0.3 is 0 Å². The first kappa shape index (κ1) is 13.4. The van der Waals surface area contributed by atoms with Crippen LogP contribution in [0.5, 0.6) is 5.75 Å². The van der Waals surface area contributed by atoms with Gasteiger partial charge in [0.1, 0.15) is 5.75 Å². The normalized spacial score (nSPS) is 12.3. The molecule has 0 aromatic heterocycles. The van der Waals surface area contributed by atoms with Gasteiger partial charge in [0.15, 0.2) is 0 Å². The van der Waals surface area contributed by atoms with Crippen LogP contribution in [0, 0.1) is 0 Å². The lowest BCUT2D eigenvalue weighted by molar-refractivity contribution is 0.415. The number of halogens is 2. The van der Waals surface area contributed by atoms with E-state index >= 15 is 0 Å². The number of anilines is 1. The van der Waals surface area contributed by atoms with Crippen LogP contribution in [0.1, 0.15) is 13.3 Å². The van der Waals surface area contributed by atoms with Crippen LogP contribution in [0.3, 0.4) is 0 Å². The lowest BCUT2D eigenvalue weighted by atomic mass is 10.2. The van der Waals surface area contributed by atoms with Crippen LogP contribution >= 0.6 is 23.2 Å². The Kier molecular flexibility index (Phi) is 5.19. The summed E-state index contributed by atoms with van der Waals surface area (Å²) in [5, 5.41) is 4.31. The van der Waals surface area contributed by atoms with Crippen molar-refractivity contribution in [1.29, 1.82) is 0 Å². The van der Waals surface area contributed by atoms with E-state index in [1.54, 1.807) is 19.2 Å². The standard InChI is InChI=1S/C11H16Cl2N2O/c1-7(14)3-4-15-10-5-9(13)11(16-2)6-8(10)12/h5-7,15H,3-4,14H2,1-2H3. The Morgan fingerprint density at radius 2 is 2.06 bits per heavy atom. The fourth-order valence-corrected chi connectivity index (χ4v) is 1.72. The van der Waals surface area contributed by atoms with Gasteiger partial charge < -0.3 is 15.8 Å². The Labute approximate surface area is 106 Å². The Balaban J connectivity index is 2.70. The third-order valence-electron chi connectivity index (χ3n) is 2.16. The molecule has 0 aliphatic rings. The minimum absolute atomic E-state index is 0.167. The van der Waals surface area contributed by atoms with Gasteiger partial charge in [0.25, 0.3) is 0 Å². The molecular formula is C11H16Cl2N2O. The minimum Gasteiger partial charge on any atom is -0.495 e. The quantitative estimate of drug-likeness (QED) is 0.857. The molecule has 0 bridgehead atoms. The first-order valence-corrected chi connectivity index (χ1v) is 5.82. The number of nitrogens with one attached hydrogen (secondary N) is 1. The second-order valence-corrected chi connectivity index (χ2v) is 4.47. The summed E-state index contributed by atoms with van der Waals surface area (Å²) < 4.78 is 5.06. The van der Waals surface area contributed by atoms with Gasteiger partial charge in [-0.25, -0.2) is 0 Å². The smallest absolute Gasteiger partial charge is 0.139 e. The zero-order chi connectivity index (χ0) is 12.1. The zero-order valence-corrected chi connectivity index (χ0v) is 10.9. The highest BCUT2D eigenvalue weighted by Crippen LogP contribution is 2.33. The first-order valence-electron chi connectivity index (χ1n) is 5.07. The molecule has 3 nitrogen and oxygen atoms in total. The van der Waals surface area contributed by atoms with E-state index in [0.717, 1.165) is 18.7 Å². The van der Waals surface area contributed by atoms with E-state index in [1.165, 1.54) is 0 Å². The fourth-order valence-electron chi connectivity index (χ4n) is 1.25. The van der Waals surface area contributed by atoms with Gasteiger partial charge in [-0.2, -0.15) is 0 Å². The summed E-state index contributed by atoms with van der Waals surface area (Å²) in [7, 11) is 1.56. The number of benzene rings is 1. The Bertz CT molecular complexity index is 356. The number of hydrogen-bond acceptors (Lipinski definition) is 3. The minimum atomic E-state index is 0.167. The van der Waals surface area contributed by atoms with Crippen molar-refractivity contribution >= 4 is 28.9 Å². The maximum Gasteiger partial charge on any atom is 0.139 e. The van der Waals surface area contributed by atoms with Crippen LogP contribution < -0.4 is 15.8 Å². The molecule has 0 saturated heterocycles. The van der Waals surface area contributed by atoms with Crippen LogP contribution in [-0.4, -0.2) is 19.7 Å². The van der Waals surface area contributed by atoms with Crippen molar-refractivity contribution in [2.45, 2.75) is 19.4 Å². The number of nitrogens with two attached hydrogens (primary N) is 1. The van der Waals surface area contributed by atoms with Crippen LogP contribution in [0.25, 0.3) is 0 Å². The summed E-state index contributed by atoms with van der Waals surface area (Å²) in [5.74, 6) is 0.574. The molecular weight excluding hydrogens is 247 g/mol. The molecule has 1 atom stereocenters. The Morgan fingerprint density at radius 1 is 1.38 bits per heavy atom. The molecule has 0 aliphatic heterocycles. The van der Waals surface area contributed by atoms with Crippen LogP contribution in [0.4, 0.5) is 5.69 Å².